The van der Waals surface area contributed by atoms with Gasteiger partial charge < -0.3 is 14.9 Å². The first kappa shape index (κ1) is 17.0. The molecule has 1 aromatic carbocycles. The smallest absolute Gasteiger partial charge is 0.125 e. The van der Waals surface area contributed by atoms with E-state index in [9.17, 15) is 10.2 Å². The van der Waals surface area contributed by atoms with E-state index >= 15 is 0 Å². The molecule has 20 heavy (non-hydrogen) atoms. The summed E-state index contributed by atoms with van der Waals surface area (Å²) in [5.41, 5.74) is 3.44. The van der Waals surface area contributed by atoms with Crippen molar-refractivity contribution < 1.29 is 14.9 Å². The van der Waals surface area contributed by atoms with Crippen molar-refractivity contribution >= 4 is 0 Å². The molecule has 3 heteroatoms. The van der Waals surface area contributed by atoms with Gasteiger partial charge in [0.1, 0.15) is 5.75 Å². The van der Waals surface area contributed by atoms with Crippen molar-refractivity contribution in [3.63, 3.8) is 0 Å². The van der Waals surface area contributed by atoms with Crippen LogP contribution in [0.1, 0.15) is 43.9 Å². The lowest BCUT2D eigenvalue weighted by Crippen LogP contribution is -2.23. The van der Waals surface area contributed by atoms with E-state index in [1.165, 1.54) is 5.56 Å². The van der Waals surface area contributed by atoms with Crippen molar-refractivity contribution in [3.05, 3.63) is 28.8 Å². The van der Waals surface area contributed by atoms with E-state index in [-0.39, 0.29) is 0 Å². The Hall–Kier alpha value is -1.06. The minimum atomic E-state index is -0.694. The molecule has 3 nitrogen and oxygen atoms in total. The van der Waals surface area contributed by atoms with E-state index in [0.29, 0.717) is 25.4 Å². The highest BCUT2D eigenvalue weighted by Gasteiger charge is 2.14. The molecule has 0 radical (unpaired) electrons. The molecule has 2 unspecified atom stereocenters. The third-order valence-corrected chi connectivity index (χ3v) is 3.32. The highest BCUT2D eigenvalue weighted by Crippen LogP contribution is 2.27. The first-order valence-electron chi connectivity index (χ1n) is 7.40. The van der Waals surface area contributed by atoms with Gasteiger partial charge in [0.05, 0.1) is 18.8 Å². The quantitative estimate of drug-likeness (QED) is 0.807. The molecule has 0 heterocycles. The molecule has 1 rings (SSSR count). The Morgan fingerprint density at radius 1 is 1.10 bits per heavy atom. The lowest BCUT2D eigenvalue weighted by Gasteiger charge is -2.18. The van der Waals surface area contributed by atoms with E-state index in [2.05, 4.69) is 39.8 Å². The molecule has 0 saturated heterocycles. The molecular weight excluding hydrogens is 252 g/mol. The van der Waals surface area contributed by atoms with Crippen molar-refractivity contribution in [2.45, 2.75) is 59.7 Å². The number of benzene rings is 1. The second-order valence-corrected chi connectivity index (χ2v) is 6.12. The molecule has 0 bridgehead atoms. The Morgan fingerprint density at radius 3 is 2.30 bits per heavy atom. The Labute approximate surface area is 122 Å². The summed E-state index contributed by atoms with van der Waals surface area (Å²) in [5, 5.41) is 19.1. The second-order valence-electron chi connectivity index (χ2n) is 6.12. The van der Waals surface area contributed by atoms with E-state index < -0.39 is 12.2 Å². The molecule has 0 fully saturated rings. The lowest BCUT2D eigenvalue weighted by atomic mass is 9.99. The van der Waals surface area contributed by atoms with Crippen LogP contribution in [0.3, 0.4) is 0 Å². The SMILES string of the molecule is Cc1cc(C)c(OCC(C)C)c(CCC(O)C(C)O)c1. The Morgan fingerprint density at radius 2 is 1.75 bits per heavy atom. The van der Waals surface area contributed by atoms with Crippen molar-refractivity contribution in [1.29, 1.82) is 0 Å². The van der Waals surface area contributed by atoms with Crippen LogP contribution in [0, 0.1) is 19.8 Å². The number of hydrogen-bond donors (Lipinski definition) is 2. The first-order chi connectivity index (χ1) is 9.31. The Kier molecular flexibility index (Phi) is 6.50. The van der Waals surface area contributed by atoms with Crippen LogP contribution in [0.4, 0.5) is 0 Å². The zero-order valence-electron chi connectivity index (χ0n) is 13.3. The monoisotopic (exact) mass is 280 g/mol. The molecule has 1 aromatic rings. The first-order valence-corrected chi connectivity index (χ1v) is 7.40. The van der Waals surface area contributed by atoms with Gasteiger partial charge in [0, 0.05) is 0 Å². The summed E-state index contributed by atoms with van der Waals surface area (Å²) in [4.78, 5) is 0. The normalized spacial score (nSPS) is 14.4. The van der Waals surface area contributed by atoms with E-state index in [1.807, 2.05) is 0 Å². The van der Waals surface area contributed by atoms with Crippen LogP contribution < -0.4 is 4.74 Å². The fourth-order valence-electron chi connectivity index (χ4n) is 2.23. The summed E-state index contributed by atoms with van der Waals surface area (Å²) in [5.74, 6) is 1.41. The molecule has 0 spiro atoms. The average molecular weight is 280 g/mol. The molecule has 0 aliphatic heterocycles. The van der Waals surface area contributed by atoms with Crippen LogP contribution in [0.15, 0.2) is 12.1 Å². The second kappa shape index (κ2) is 7.65. The largest absolute Gasteiger partial charge is 0.493 e. The number of aryl methyl sites for hydroxylation is 3. The van der Waals surface area contributed by atoms with E-state index in [4.69, 9.17) is 4.74 Å². The number of aliphatic hydroxyl groups excluding tert-OH is 2. The van der Waals surface area contributed by atoms with Gasteiger partial charge in [-0.05, 0) is 50.7 Å². The van der Waals surface area contributed by atoms with Crippen LogP contribution in [-0.4, -0.2) is 29.0 Å². The fraction of sp³-hybridized carbons (Fsp3) is 0.647. The minimum absolute atomic E-state index is 0.478. The van der Waals surface area contributed by atoms with Gasteiger partial charge in [0.15, 0.2) is 0 Å². The van der Waals surface area contributed by atoms with Crippen LogP contribution in [0.25, 0.3) is 0 Å². The molecule has 0 aliphatic rings. The van der Waals surface area contributed by atoms with Gasteiger partial charge >= 0.3 is 0 Å². The summed E-state index contributed by atoms with van der Waals surface area (Å²) < 4.78 is 5.93. The van der Waals surface area contributed by atoms with Crippen molar-refractivity contribution in [2.75, 3.05) is 6.61 Å². The highest BCUT2D eigenvalue weighted by molar-refractivity contribution is 5.44. The average Bonchev–Trinajstić information content (AvgIpc) is 2.33. The lowest BCUT2D eigenvalue weighted by molar-refractivity contribution is 0.0264. The van der Waals surface area contributed by atoms with Crippen LogP contribution in [0.2, 0.25) is 0 Å². The number of rotatable bonds is 7. The maximum Gasteiger partial charge on any atom is 0.125 e. The van der Waals surface area contributed by atoms with E-state index in [0.717, 1.165) is 16.9 Å². The fourth-order valence-corrected chi connectivity index (χ4v) is 2.23. The van der Waals surface area contributed by atoms with Gasteiger partial charge in [-0.15, -0.1) is 0 Å². The highest BCUT2D eigenvalue weighted by atomic mass is 16.5. The molecule has 114 valence electrons. The summed E-state index contributed by atoms with van der Waals surface area (Å²) in [6.07, 6.45) is -0.129. The number of aliphatic hydroxyl groups is 2. The maximum absolute atomic E-state index is 9.74. The van der Waals surface area contributed by atoms with Gasteiger partial charge in [-0.25, -0.2) is 0 Å². The zero-order valence-corrected chi connectivity index (χ0v) is 13.3. The molecule has 0 saturated carbocycles. The Bertz CT molecular complexity index is 424. The maximum atomic E-state index is 9.74. The zero-order chi connectivity index (χ0) is 15.3. The van der Waals surface area contributed by atoms with Gasteiger partial charge in [-0.3, -0.25) is 0 Å². The van der Waals surface area contributed by atoms with Crippen molar-refractivity contribution in [1.82, 2.24) is 0 Å². The number of ether oxygens (including phenoxy) is 1. The van der Waals surface area contributed by atoms with Crippen LogP contribution in [-0.2, 0) is 6.42 Å². The number of hydrogen-bond acceptors (Lipinski definition) is 3. The summed E-state index contributed by atoms with van der Waals surface area (Å²) >= 11 is 0. The van der Waals surface area contributed by atoms with Gasteiger partial charge in [0.25, 0.3) is 0 Å². The predicted octanol–water partition coefficient (Wildman–Crippen LogP) is 3.01. The van der Waals surface area contributed by atoms with Crippen molar-refractivity contribution in [2.24, 2.45) is 5.92 Å². The van der Waals surface area contributed by atoms with Gasteiger partial charge in [0.2, 0.25) is 0 Å². The Balaban J connectivity index is 2.86. The molecule has 2 N–H and O–H groups in total. The minimum Gasteiger partial charge on any atom is -0.493 e. The standard InChI is InChI=1S/C17H28O3/c1-11(2)10-20-17-13(4)8-12(3)9-15(17)6-7-16(19)14(5)18/h8-9,11,14,16,18-19H,6-7,10H2,1-5H3. The summed E-state index contributed by atoms with van der Waals surface area (Å²) in [7, 11) is 0. The summed E-state index contributed by atoms with van der Waals surface area (Å²) in [6.45, 7) is 10.7. The van der Waals surface area contributed by atoms with Crippen LogP contribution in [0.5, 0.6) is 5.75 Å². The predicted molar refractivity (Wildman–Crippen MR) is 82.3 cm³/mol. The molecule has 0 aromatic heterocycles. The van der Waals surface area contributed by atoms with Crippen molar-refractivity contribution in [3.8, 4) is 5.75 Å². The molecule has 0 aliphatic carbocycles. The molecule has 0 amide bonds. The third-order valence-electron chi connectivity index (χ3n) is 3.32. The molecular formula is C17H28O3. The molecule has 2 atom stereocenters. The topological polar surface area (TPSA) is 49.7 Å². The summed E-state index contributed by atoms with van der Waals surface area (Å²) in [6, 6.07) is 4.22. The van der Waals surface area contributed by atoms with E-state index in [1.54, 1.807) is 6.92 Å². The van der Waals surface area contributed by atoms with Crippen LogP contribution >= 0.6 is 0 Å². The van der Waals surface area contributed by atoms with Gasteiger partial charge in [-0.2, -0.15) is 0 Å². The third kappa shape index (κ3) is 5.14. The van der Waals surface area contributed by atoms with Gasteiger partial charge in [-0.1, -0.05) is 31.5 Å².